The van der Waals surface area contributed by atoms with E-state index >= 15 is 0 Å². The molecule has 21 heavy (non-hydrogen) atoms. The van der Waals surface area contributed by atoms with Gasteiger partial charge in [0.15, 0.2) is 5.13 Å². The van der Waals surface area contributed by atoms with E-state index in [-0.39, 0.29) is 11.9 Å². The summed E-state index contributed by atoms with van der Waals surface area (Å²) in [4.78, 5) is 6.89. The summed E-state index contributed by atoms with van der Waals surface area (Å²) >= 11 is 1.62. The molecular formula is C16H17FN2OS. The monoisotopic (exact) mass is 304 g/mol. The van der Waals surface area contributed by atoms with Crippen molar-refractivity contribution >= 4 is 16.5 Å². The number of halogens is 1. The van der Waals surface area contributed by atoms with Crippen LogP contribution < -0.4 is 4.90 Å². The summed E-state index contributed by atoms with van der Waals surface area (Å²) in [5, 5.41) is 3.01. The van der Waals surface area contributed by atoms with Crippen molar-refractivity contribution in [1.82, 2.24) is 4.98 Å². The molecule has 3 rings (SSSR count). The van der Waals surface area contributed by atoms with E-state index < -0.39 is 0 Å². The smallest absolute Gasteiger partial charge is 0.185 e. The highest BCUT2D eigenvalue weighted by molar-refractivity contribution is 7.14. The Morgan fingerprint density at radius 2 is 2.24 bits per heavy atom. The van der Waals surface area contributed by atoms with Crippen molar-refractivity contribution < 1.29 is 9.13 Å². The molecule has 1 atom stereocenters. The largest absolute Gasteiger partial charge is 0.372 e. The van der Waals surface area contributed by atoms with Crippen molar-refractivity contribution in [1.29, 1.82) is 0 Å². The summed E-state index contributed by atoms with van der Waals surface area (Å²) in [5.41, 5.74) is 1.84. The summed E-state index contributed by atoms with van der Waals surface area (Å²) in [5.74, 6) is -0.226. The van der Waals surface area contributed by atoms with Gasteiger partial charge in [0.25, 0.3) is 0 Å². The average Bonchev–Trinajstić information content (AvgIpc) is 3.15. The number of hydrogen-bond acceptors (Lipinski definition) is 4. The van der Waals surface area contributed by atoms with Crippen molar-refractivity contribution in [2.45, 2.75) is 12.5 Å². The van der Waals surface area contributed by atoms with Crippen LogP contribution in [0, 0.1) is 5.82 Å². The maximum absolute atomic E-state index is 13.0. The van der Waals surface area contributed by atoms with Crippen molar-refractivity contribution in [2.24, 2.45) is 0 Å². The Labute approximate surface area is 127 Å². The Morgan fingerprint density at radius 3 is 3.00 bits per heavy atom. The second kappa shape index (κ2) is 6.37. The van der Waals surface area contributed by atoms with E-state index in [0.29, 0.717) is 6.61 Å². The maximum Gasteiger partial charge on any atom is 0.185 e. The minimum atomic E-state index is -0.226. The molecular weight excluding hydrogens is 287 g/mol. The average molecular weight is 304 g/mol. The predicted octanol–water partition coefficient (Wildman–Crippen LogP) is 3.73. The van der Waals surface area contributed by atoms with Gasteiger partial charge in [-0.1, -0.05) is 6.08 Å². The number of hydrogen-bond donors (Lipinski definition) is 0. The third kappa shape index (κ3) is 3.31. The molecule has 1 aliphatic rings. The first-order valence-corrected chi connectivity index (χ1v) is 7.83. The molecule has 1 fully saturated rings. The topological polar surface area (TPSA) is 25.4 Å². The molecule has 0 bridgehead atoms. The van der Waals surface area contributed by atoms with Gasteiger partial charge in [-0.2, -0.15) is 0 Å². The molecule has 3 nitrogen and oxygen atoms in total. The summed E-state index contributed by atoms with van der Waals surface area (Å²) < 4.78 is 18.6. The molecule has 1 unspecified atom stereocenters. The first kappa shape index (κ1) is 14.2. The Balaban J connectivity index is 1.68. The second-order valence-corrected chi connectivity index (χ2v) is 5.84. The molecule has 110 valence electrons. The van der Waals surface area contributed by atoms with Crippen LogP contribution in [0.15, 0.2) is 42.3 Å². The van der Waals surface area contributed by atoms with Gasteiger partial charge >= 0.3 is 0 Å². The van der Waals surface area contributed by atoms with Gasteiger partial charge in [0.05, 0.1) is 18.4 Å². The molecule has 1 aromatic carbocycles. The number of nitrogens with zero attached hydrogens (tertiary/aromatic N) is 2. The Kier molecular flexibility index (Phi) is 4.31. The highest BCUT2D eigenvalue weighted by atomic mass is 32.1. The van der Waals surface area contributed by atoms with Crippen molar-refractivity contribution in [2.75, 3.05) is 24.6 Å². The molecule has 0 N–H and O–H groups in total. The van der Waals surface area contributed by atoms with Gasteiger partial charge in [-0.25, -0.2) is 9.37 Å². The minimum Gasteiger partial charge on any atom is -0.372 e. The number of anilines is 1. The van der Waals surface area contributed by atoms with Gasteiger partial charge in [-0.3, -0.25) is 0 Å². The van der Waals surface area contributed by atoms with E-state index in [2.05, 4.69) is 16.5 Å². The van der Waals surface area contributed by atoms with Gasteiger partial charge in [-0.15, -0.1) is 17.9 Å². The molecule has 1 saturated heterocycles. The van der Waals surface area contributed by atoms with Crippen LogP contribution in [0.1, 0.15) is 6.42 Å². The fourth-order valence-electron chi connectivity index (χ4n) is 2.40. The lowest BCUT2D eigenvalue weighted by Crippen LogP contribution is -2.22. The third-order valence-electron chi connectivity index (χ3n) is 3.50. The Bertz CT molecular complexity index is 611. The quantitative estimate of drug-likeness (QED) is 0.787. The SMILES string of the molecule is C=CCOC1CCN(c2nc(-c3ccc(F)cc3)cs2)C1. The molecule has 0 amide bonds. The standard InChI is InChI=1S/C16H17FN2OS/c1-2-9-20-14-7-8-19(10-14)16-18-15(11-21-16)12-3-5-13(17)6-4-12/h2-6,11,14H,1,7-10H2. The summed E-state index contributed by atoms with van der Waals surface area (Å²) in [7, 11) is 0. The highest BCUT2D eigenvalue weighted by Gasteiger charge is 2.24. The van der Waals surface area contributed by atoms with Crippen LogP contribution in [0.5, 0.6) is 0 Å². The minimum absolute atomic E-state index is 0.226. The lowest BCUT2D eigenvalue weighted by Gasteiger charge is -2.14. The molecule has 0 saturated carbocycles. The summed E-state index contributed by atoms with van der Waals surface area (Å²) in [6.45, 7) is 6.08. The van der Waals surface area contributed by atoms with Gasteiger partial charge in [0.1, 0.15) is 5.82 Å². The zero-order valence-corrected chi connectivity index (χ0v) is 12.5. The van der Waals surface area contributed by atoms with E-state index in [4.69, 9.17) is 4.74 Å². The molecule has 0 aliphatic carbocycles. The molecule has 5 heteroatoms. The first-order chi connectivity index (χ1) is 10.3. The fourth-order valence-corrected chi connectivity index (χ4v) is 3.28. The number of thiazole rings is 1. The number of ether oxygens (including phenoxy) is 1. The van der Waals surface area contributed by atoms with E-state index in [9.17, 15) is 4.39 Å². The fraction of sp³-hybridized carbons (Fsp3) is 0.312. The van der Waals surface area contributed by atoms with Crippen LogP contribution in [-0.2, 0) is 4.74 Å². The van der Waals surface area contributed by atoms with Crippen molar-refractivity contribution in [3.63, 3.8) is 0 Å². The van der Waals surface area contributed by atoms with Crippen molar-refractivity contribution in [3.8, 4) is 11.3 Å². The van der Waals surface area contributed by atoms with Gasteiger partial charge in [-0.05, 0) is 30.7 Å². The first-order valence-electron chi connectivity index (χ1n) is 6.95. The van der Waals surface area contributed by atoms with Gasteiger partial charge in [0.2, 0.25) is 0 Å². The zero-order chi connectivity index (χ0) is 14.7. The lowest BCUT2D eigenvalue weighted by molar-refractivity contribution is 0.0909. The van der Waals surface area contributed by atoms with Crippen LogP contribution in [0.2, 0.25) is 0 Å². The predicted molar refractivity (Wildman–Crippen MR) is 84.3 cm³/mol. The normalized spacial score (nSPS) is 18.1. The van der Waals surface area contributed by atoms with Crippen LogP contribution in [0.4, 0.5) is 9.52 Å². The summed E-state index contributed by atoms with van der Waals surface area (Å²) in [6, 6.07) is 6.44. The van der Waals surface area contributed by atoms with Crippen LogP contribution in [0.25, 0.3) is 11.3 Å². The van der Waals surface area contributed by atoms with Crippen LogP contribution in [0.3, 0.4) is 0 Å². The van der Waals surface area contributed by atoms with Crippen LogP contribution in [-0.4, -0.2) is 30.8 Å². The van der Waals surface area contributed by atoms with E-state index in [1.807, 2.05) is 5.38 Å². The third-order valence-corrected chi connectivity index (χ3v) is 4.40. The second-order valence-electron chi connectivity index (χ2n) is 5.00. The zero-order valence-electron chi connectivity index (χ0n) is 11.7. The molecule has 2 aromatic rings. The highest BCUT2D eigenvalue weighted by Crippen LogP contribution is 2.30. The maximum atomic E-state index is 13.0. The molecule has 1 aliphatic heterocycles. The van der Waals surface area contributed by atoms with Gasteiger partial charge in [0, 0.05) is 24.0 Å². The van der Waals surface area contributed by atoms with E-state index in [0.717, 1.165) is 35.9 Å². The number of aromatic nitrogens is 1. The molecule has 0 radical (unpaired) electrons. The van der Waals surface area contributed by atoms with Crippen molar-refractivity contribution in [3.05, 3.63) is 48.1 Å². The Morgan fingerprint density at radius 1 is 1.43 bits per heavy atom. The number of benzene rings is 1. The molecule has 0 spiro atoms. The Hall–Kier alpha value is -1.72. The molecule has 2 heterocycles. The lowest BCUT2D eigenvalue weighted by atomic mass is 10.2. The van der Waals surface area contributed by atoms with Crippen LogP contribution >= 0.6 is 11.3 Å². The summed E-state index contributed by atoms with van der Waals surface area (Å²) in [6.07, 6.45) is 3.04. The van der Waals surface area contributed by atoms with E-state index in [1.165, 1.54) is 12.1 Å². The molecule has 1 aromatic heterocycles. The van der Waals surface area contributed by atoms with E-state index in [1.54, 1.807) is 29.5 Å². The number of rotatable bonds is 5. The van der Waals surface area contributed by atoms with Gasteiger partial charge < -0.3 is 9.64 Å².